The van der Waals surface area contributed by atoms with Crippen molar-refractivity contribution < 1.29 is 9.53 Å². The first kappa shape index (κ1) is 14.2. The Balaban J connectivity index is 2.04. The predicted octanol–water partition coefficient (Wildman–Crippen LogP) is 0.844. The first-order chi connectivity index (χ1) is 9.72. The summed E-state index contributed by atoms with van der Waals surface area (Å²) in [5.74, 6) is -0.241. The SMILES string of the molecule is COC(CN)C(=O)Nc1cccc(Cn2ccnc2)c1. The van der Waals surface area contributed by atoms with E-state index in [0.717, 1.165) is 11.3 Å². The molecule has 0 saturated heterocycles. The average Bonchev–Trinajstić information content (AvgIpc) is 2.93. The highest BCUT2D eigenvalue weighted by molar-refractivity contribution is 5.94. The molecule has 3 N–H and O–H groups in total. The lowest BCUT2D eigenvalue weighted by Crippen LogP contribution is -2.35. The molecule has 2 rings (SSSR count). The molecule has 0 bridgehead atoms. The first-order valence-electron chi connectivity index (χ1n) is 6.31. The fourth-order valence-electron chi connectivity index (χ4n) is 1.87. The van der Waals surface area contributed by atoms with Gasteiger partial charge in [0.15, 0.2) is 0 Å². The van der Waals surface area contributed by atoms with Crippen molar-refractivity contribution in [3.63, 3.8) is 0 Å². The third kappa shape index (κ3) is 3.66. The van der Waals surface area contributed by atoms with Gasteiger partial charge in [0.1, 0.15) is 6.10 Å². The van der Waals surface area contributed by atoms with Crippen LogP contribution in [0.25, 0.3) is 0 Å². The third-order valence-electron chi connectivity index (χ3n) is 2.91. The number of nitrogens with two attached hydrogens (primary N) is 1. The number of aromatic nitrogens is 2. The molecule has 1 atom stereocenters. The van der Waals surface area contributed by atoms with Gasteiger partial charge in [0.2, 0.25) is 0 Å². The molecular weight excluding hydrogens is 256 g/mol. The van der Waals surface area contributed by atoms with Crippen molar-refractivity contribution in [2.75, 3.05) is 19.0 Å². The zero-order valence-corrected chi connectivity index (χ0v) is 11.3. The maximum absolute atomic E-state index is 11.9. The normalized spacial score (nSPS) is 12.1. The van der Waals surface area contributed by atoms with Gasteiger partial charge in [-0.3, -0.25) is 4.79 Å². The van der Waals surface area contributed by atoms with E-state index in [-0.39, 0.29) is 12.5 Å². The van der Waals surface area contributed by atoms with Gasteiger partial charge in [-0.2, -0.15) is 0 Å². The topological polar surface area (TPSA) is 82.2 Å². The number of benzene rings is 1. The molecule has 1 unspecified atom stereocenters. The van der Waals surface area contributed by atoms with Gasteiger partial charge >= 0.3 is 0 Å². The van der Waals surface area contributed by atoms with E-state index in [9.17, 15) is 4.79 Å². The highest BCUT2D eigenvalue weighted by atomic mass is 16.5. The lowest BCUT2D eigenvalue weighted by Gasteiger charge is -2.13. The monoisotopic (exact) mass is 274 g/mol. The second-order valence-electron chi connectivity index (χ2n) is 4.38. The van der Waals surface area contributed by atoms with Gasteiger partial charge in [-0.15, -0.1) is 0 Å². The van der Waals surface area contributed by atoms with Crippen LogP contribution in [0.1, 0.15) is 5.56 Å². The second kappa shape index (κ2) is 6.83. The summed E-state index contributed by atoms with van der Waals surface area (Å²) < 4.78 is 6.96. The number of amides is 1. The Hall–Kier alpha value is -2.18. The van der Waals surface area contributed by atoms with Crippen LogP contribution < -0.4 is 11.1 Å². The zero-order chi connectivity index (χ0) is 14.4. The standard InChI is InChI=1S/C14H18N4O2/c1-20-13(8-15)14(19)17-12-4-2-3-11(7-12)9-18-6-5-16-10-18/h2-7,10,13H,8-9,15H2,1H3,(H,17,19). The minimum Gasteiger partial charge on any atom is -0.370 e. The average molecular weight is 274 g/mol. The van der Waals surface area contributed by atoms with Crippen LogP contribution in [-0.2, 0) is 16.1 Å². The van der Waals surface area contributed by atoms with Crippen molar-refractivity contribution in [2.24, 2.45) is 5.73 Å². The van der Waals surface area contributed by atoms with Crippen LogP contribution in [0.2, 0.25) is 0 Å². The largest absolute Gasteiger partial charge is 0.370 e. The number of nitrogens with zero attached hydrogens (tertiary/aromatic N) is 2. The van der Waals surface area contributed by atoms with Crippen LogP contribution >= 0.6 is 0 Å². The van der Waals surface area contributed by atoms with E-state index in [1.807, 2.05) is 35.0 Å². The van der Waals surface area contributed by atoms with E-state index in [1.54, 1.807) is 12.5 Å². The summed E-state index contributed by atoms with van der Waals surface area (Å²) in [6.07, 6.45) is 4.74. The molecular formula is C14H18N4O2. The smallest absolute Gasteiger partial charge is 0.254 e. The summed E-state index contributed by atoms with van der Waals surface area (Å²) in [5.41, 5.74) is 7.26. The summed E-state index contributed by atoms with van der Waals surface area (Å²) in [7, 11) is 1.46. The molecule has 1 aromatic carbocycles. The molecule has 6 nitrogen and oxygen atoms in total. The van der Waals surface area contributed by atoms with Gasteiger partial charge < -0.3 is 20.4 Å². The van der Waals surface area contributed by atoms with Crippen molar-refractivity contribution >= 4 is 11.6 Å². The van der Waals surface area contributed by atoms with Crippen molar-refractivity contribution in [1.82, 2.24) is 9.55 Å². The predicted molar refractivity (Wildman–Crippen MR) is 76.3 cm³/mol. The highest BCUT2D eigenvalue weighted by Gasteiger charge is 2.15. The van der Waals surface area contributed by atoms with Gasteiger partial charge in [0, 0.05) is 38.3 Å². The molecule has 6 heteroatoms. The van der Waals surface area contributed by atoms with Gasteiger partial charge in [-0.05, 0) is 17.7 Å². The lowest BCUT2D eigenvalue weighted by molar-refractivity contribution is -0.125. The summed E-state index contributed by atoms with van der Waals surface area (Å²) in [6, 6.07) is 7.64. The summed E-state index contributed by atoms with van der Waals surface area (Å²) in [6.45, 7) is 0.853. The Bertz CT molecular complexity index is 550. The van der Waals surface area contributed by atoms with Crippen LogP contribution in [0.15, 0.2) is 43.0 Å². The van der Waals surface area contributed by atoms with Crippen molar-refractivity contribution in [3.05, 3.63) is 48.5 Å². The van der Waals surface area contributed by atoms with Crippen molar-refractivity contribution in [1.29, 1.82) is 0 Å². The Morgan fingerprint density at radius 3 is 3.05 bits per heavy atom. The van der Waals surface area contributed by atoms with E-state index in [4.69, 9.17) is 10.5 Å². The number of hydrogen-bond acceptors (Lipinski definition) is 4. The molecule has 0 radical (unpaired) electrons. The van der Waals surface area contributed by atoms with Crippen molar-refractivity contribution in [3.8, 4) is 0 Å². The van der Waals surface area contributed by atoms with Crippen LogP contribution in [-0.4, -0.2) is 35.2 Å². The van der Waals surface area contributed by atoms with E-state index in [0.29, 0.717) is 6.54 Å². The molecule has 106 valence electrons. The number of methoxy groups -OCH3 is 1. The van der Waals surface area contributed by atoms with Gasteiger partial charge in [-0.1, -0.05) is 12.1 Å². The highest BCUT2D eigenvalue weighted by Crippen LogP contribution is 2.12. The van der Waals surface area contributed by atoms with E-state index >= 15 is 0 Å². The number of imidazole rings is 1. The van der Waals surface area contributed by atoms with E-state index < -0.39 is 6.10 Å². The molecule has 1 heterocycles. The van der Waals surface area contributed by atoms with Crippen LogP contribution in [0.3, 0.4) is 0 Å². The quantitative estimate of drug-likeness (QED) is 0.818. The Morgan fingerprint density at radius 2 is 2.40 bits per heavy atom. The van der Waals surface area contributed by atoms with Gasteiger partial charge in [-0.25, -0.2) is 4.98 Å². The third-order valence-corrected chi connectivity index (χ3v) is 2.91. The Labute approximate surface area is 117 Å². The van der Waals surface area contributed by atoms with Crippen molar-refractivity contribution in [2.45, 2.75) is 12.6 Å². The number of nitrogens with one attached hydrogen (secondary N) is 1. The number of anilines is 1. The fraction of sp³-hybridized carbons (Fsp3) is 0.286. The van der Waals surface area contributed by atoms with E-state index in [2.05, 4.69) is 10.3 Å². The molecule has 0 aliphatic heterocycles. The molecule has 2 aromatic rings. The first-order valence-corrected chi connectivity index (χ1v) is 6.31. The number of ether oxygens (including phenoxy) is 1. The minimum absolute atomic E-state index is 0.150. The van der Waals surface area contributed by atoms with Crippen LogP contribution in [0.5, 0.6) is 0 Å². The summed E-state index contributed by atoms with van der Waals surface area (Å²) >= 11 is 0. The maximum Gasteiger partial charge on any atom is 0.254 e. The Kier molecular flexibility index (Phi) is 4.86. The number of hydrogen-bond donors (Lipinski definition) is 2. The second-order valence-corrected chi connectivity index (χ2v) is 4.38. The summed E-state index contributed by atoms with van der Waals surface area (Å²) in [4.78, 5) is 15.9. The number of carbonyl (C=O) groups excluding carboxylic acids is 1. The number of carbonyl (C=O) groups is 1. The molecule has 0 aliphatic rings. The molecule has 20 heavy (non-hydrogen) atoms. The summed E-state index contributed by atoms with van der Waals surface area (Å²) in [5, 5.41) is 2.80. The van der Waals surface area contributed by atoms with Crippen LogP contribution in [0.4, 0.5) is 5.69 Å². The molecule has 0 fully saturated rings. The maximum atomic E-state index is 11.9. The molecule has 0 aliphatic carbocycles. The van der Waals surface area contributed by atoms with Gasteiger partial charge in [0.25, 0.3) is 5.91 Å². The minimum atomic E-state index is -0.632. The number of rotatable bonds is 6. The lowest BCUT2D eigenvalue weighted by atomic mass is 10.2. The van der Waals surface area contributed by atoms with Crippen LogP contribution in [0, 0.1) is 0 Å². The molecule has 0 spiro atoms. The zero-order valence-electron chi connectivity index (χ0n) is 11.3. The fourth-order valence-corrected chi connectivity index (χ4v) is 1.87. The molecule has 0 saturated carbocycles. The molecule has 1 aromatic heterocycles. The molecule has 1 amide bonds. The van der Waals surface area contributed by atoms with Gasteiger partial charge in [0.05, 0.1) is 6.33 Å². The Morgan fingerprint density at radius 1 is 1.55 bits per heavy atom. The van der Waals surface area contributed by atoms with E-state index in [1.165, 1.54) is 7.11 Å².